The van der Waals surface area contributed by atoms with Crippen LogP contribution in [-0.2, 0) is 9.47 Å². The summed E-state index contributed by atoms with van der Waals surface area (Å²) in [5.74, 6) is -4.60. The Morgan fingerprint density at radius 1 is 1.06 bits per heavy atom. The molecule has 0 bridgehead atoms. The van der Waals surface area contributed by atoms with E-state index in [-0.39, 0.29) is 0 Å². The molecule has 0 aromatic carbocycles. The third-order valence-electron chi connectivity index (χ3n) is 2.11. The lowest BCUT2D eigenvalue weighted by atomic mass is 10.0. The molecule has 2 aliphatic rings. The minimum absolute atomic E-state index is 0.491. The van der Waals surface area contributed by atoms with Crippen LogP contribution in [-0.4, -0.2) is 32.4 Å². The van der Waals surface area contributed by atoms with Crippen LogP contribution in [0.5, 0.6) is 0 Å². The van der Waals surface area contributed by atoms with Crippen molar-refractivity contribution >= 4 is 0 Å². The van der Waals surface area contributed by atoms with Gasteiger partial charge in [0.25, 0.3) is 0 Å². The van der Waals surface area contributed by atoms with E-state index in [4.69, 9.17) is 9.47 Å². The fourth-order valence-electron chi connectivity index (χ4n) is 1.27. The largest absolute Gasteiger partial charge is 0.377 e. The van der Waals surface area contributed by atoms with Crippen LogP contribution in [0.4, 0.5) is 13.2 Å². The lowest BCUT2D eigenvalue weighted by Gasteiger charge is -2.17. The standard InChI is InChI=1S/C7H7F3.C4H8O2/c1-5-2-3-6(8)7(9,10)4-5;1-2-6-4-3-5-1/h2-3H,4H2,1H3;1-4H2. The Hall–Kier alpha value is -0.810. The Labute approximate surface area is 92.7 Å². The average molecular weight is 236 g/mol. The molecule has 0 unspecified atom stereocenters. The van der Waals surface area contributed by atoms with Crippen LogP contribution in [0.15, 0.2) is 23.6 Å². The molecule has 0 aromatic heterocycles. The maximum atomic E-state index is 12.4. The number of alkyl halides is 2. The predicted octanol–water partition coefficient (Wildman–Crippen LogP) is 2.86. The fourth-order valence-corrected chi connectivity index (χ4v) is 1.27. The summed E-state index contributed by atoms with van der Waals surface area (Å²) in [7, 11) is 0. The number of rotatable bonds is 0. The molecule has 92 valence electrons. The van der Waals surface area contributed by atoms with Gasteiger partial charge in [0, 0.05) is 6.42 Å². The molecule has 0 atom stereocenters. The van der Waals surface area contributed by atoms with E-state index in [9.17, 15) is 13.2 Å². The van der Waals surface area contributed by atoms with Gasteiger partial charge in [-0.05, 0) is 13.0 Å². The van der Waals surface area contributed by atoms with Gasteiger partial charge in [0.15, 0.2) is 5.83 Å². The molecule has 1 aliphatic heterocycles. The van der Waals surface area contributed by atoms with E-state index in [1.165, 1.54) is 6.08 Å². The SMILES string of the molecule is C1COCCO1.CC1=CC=C(F)C(F)(F)C1. The van der Waals surface area contributed by atoms with Gasteiger partial charge in [0.1, 0.15) is 0 Å². The van der Waals surface area contributed by atoms with E-state index >= 15 is 0 Å². The second-order valence-electron chi connectivity index (χ2n) is 3.63. The summed E-state index contributed by atoms with van der Waals surface area (Å²) in [6.07, 6.45) is 1.70. The van der Waals surface area contributed by atoms with Gasteiger partial charge >= 0.3 is 5.92 Å². The number of hydrogen-bond donors (Lipinski definition) is 0. The molecule has 2 nitrogen and oxygen atoms in total. The molecule has 0 N–H and O–H groups in total. The highest BCUT2D eigenvalue weighted by Gasteiger charge is 2.36. The summed E-state index contributed by atoms with van der Waals surface area (Å²) in [6.45, 7) is 4.66. The summed E-state index contributed by atoms with van der Waals surface area (Å²) in [4.78, 5) is 0. The van der Waals surface area contributed by atoms with E-state index < -0.39 is 18.2 Å². The fraction of sp³-hybridized carbons (Fsp3) is 0.636. The monoisotopic (exact) mass is 236 g/mol. The maximum absolute atomic E-state index is 12.4. The van der Waals surface area contributed by atoms with Crippen LogP contribution in [0.25, 0.3) is 0 Å². The van der Waals surface area contributed by atoms with Crippen molar-refractivity contribution in [3.05, 3.63) is 23.6 Å². The van der Waals surface area contributed by atoms with Crippen molar-refractivity contribution in [2.24, 2.45) is 0 Å². The predicted molar refractivity (Wildman–Crippen MR) is 54.2 cm³/mol. The highest BCUT2D eigenvalue weighted by molar-refractivity contribution is 5.25. The summed E-state index contributed by atoms with van der Waals surface area (Å²) in [5, 5.41) is 0. The van der Waals surface area contributed by atoms with Gasteiger partial charge in [-0.15, -0.1) is 0 Å². The zero-order chi connectivity index (χ0) is 12.0. The van der Waals surface area contributed by atoms with Crippen molar-refractivity contribution < 1.29 is 22.6 Å². The van der Waals surface area contributed by atoms with E-state index in [2.05, 4.69) is 0 Å². The van der Waals surface area contributed by atoms with Crippen molar-refractivity contribution in [2.45, 2.75) is 19.3 Å². The number of allylic oxidation sites excluding steroid dienone is 4. The second kappa shape index (κ2) is 6.06. The Morgan fingerprint density at radius 2 is 1.56 bits per heavy atom. The lowest BCUT2D eigenvalue weighted by molar-refractivity contribution is -0.0334. The molecule has 0 radical (unpaired) electrons. The Kier molecular flexibility index (Phi) is 5.02. The number of halogens is 3. The van der Waals surface area contributed by atoms with Crippen molar-refractivity contribution in [3.8, 4) is 0 Å². The van der Waals surface area contributed by atoms with Crippen molar-refractivity contribution in [1.29, 1.82) is 0 Å². The van der Waals surface area contributed by atoms with Crippen LogP contribution >= 0.6 is 0 Å². The second-order valence-corrected chi connectivity index (χ2v) is 3.63. The van der Waals surface area contributed by atoms with Gasteiger partial charge in [0.05, 0.1) is 26.4 Å². The van der Waals surface area contributed by atoms with Crippen LogP contribution in [0.3, 0.4) is 0 Å². The number of hydrogen-bond acceptors (Lipinski definition) is 2. The normalized spacial score (nSPS) is 23.8. The molecule has 5 heteroatoms. The molecule has 0 amide bonds. The first kappa shape index (κ1) is 13.3. The van der Waals surface area contributed by atoms with Crippen LogP contribution in [0, 0.1) is 0 Å². The van der Waals surface area contributed by atoms with Crippen LogP contribution < -0.4 is 0 Å². The van der Waals surface area contributed by atoms with Crippen molar-refractivity contribution in [2.75, 3.05) is 26.4 Å². The third-order valence-corrected chi connectivity index (χ3v) is 2.11. The van der Waals surface area contributed by atoms with Crippen molar-refractivity contribution in [1.82, 2.24) is 0 Å². The minimum Gasteiger partial charge on any atom is -0.377 e. The van der Waals surface area contributed by atoms with Crippen molar-refractivity contribution in [3.63, 3.8) is 0 Å². The van der Waals surface area contributed by atoms with E-state index in [1.807, 2.05) is 0 Å². The Balaban J connectivity index is 0.000000181. The van der Waals surface area contributed by atoms with Gasteiger partial charge in [-0.25, -0.2) is 4.39 Å². The summed E-state index contributed by atoms with van der Waals surface area (Å²) in [6, 6.07) is 0. The zero-order valence-electron chi connectivity index (χ0n) is 9.14. The maximum Gasteiger partial charge on any atom is 0.302 e. The molecule has 2 rings (SSSR count). The lowest BCUT2D eigenvalue weighted by Crippen LogP contribution is -2.19. The highest BCUT2D eigenvalue weighted by Crippen LogP contribution is 2.34. The summed E-state index contributed by atoms with van der Waals surface area (Å²) < 4.78 is 46.8. The first-order valence-electron chi connectivity index (χ1n) is 5.09. The topological polar surface area (TPSA) is 18.5 Å². The van der Waals surface area contributed by atoms with E-state index in [1.54, 1.807) is 6.92 Å². The molecule has 0 aromatic rings. The highest BCUT2D eigenvalue weighted by atomic mass is 19.3. The van der Waals surface area contributed by atoms with Gasteiger partial charge in [-0.2, -0.15) is 8.78 Å². The van der Waals surface area contributed by atoms with Crippen LogP contribution in [0.2, 0.25) is 0 Å². The number of ether oxygens (including phenoxy) is 2. The molecule has 1 heterocycles. The molecule has 1 fully saturated rings. The minimum atomic E-state index is -3.27. The van der Waals surface area contributed by atoms with Gasteiger partial charge in [-0.1, -0.05) is 11.6 Å². The molecular weight excluding hydrogens is 221 g/mol. The first-order chi connectivity index (χ1) is 7.52. The quantitative estimate of drug-likeness (QED) is 0.644. The van der Waals surface area contributed by atoms with Gasteiger partial charge < -0.3 is 9.47 Å². The van der Waals surface area contributed by atoms with Gasteiger partial charge in [0.2, 0.25) is 0 Å². The smallest absolute Gasteiger partial charge is 0.302 e. The molecule has 1 aliphatic carbocycles. The zero-order valence-corrected chi connectivity index (χ0v) is 9.14. The van der Waals surface area contributed by atoms with Gasteiger partial charge in [-0.3, -0.25) is 0 Å². The van der Waals surface area contributed by atoms with Crippen LogP contribution in [0.1, 0.15) is 13.3 Å². The third kappa shape index (κ3) is 4.37. The first-order valence-corrected chi connectivity index (χ1v) is 5.09. The summed E-state index contributed by atoms with van der Waals surface area (Å²) in [5.41, 5.74) is 0.506. The average Bonchev–Trinajstić information content (AvgIpc) is 2.27. The molecule has 0 saturated carbocycles. The summed E-state index contributed by atoms with van der Waals surface area (Å²) >= 11 is 0. The molecule has 0 spiro atoms. The Morgan fingerprint density at radius 3 is 1.88 bits per heavy atom. The Bertz CT molecular complexity index is 269. The molecular formula is C11H15F3O2. The van der Waals surface area contributed by atoms with E-state index in [0.717, 1.165) is 32.5 Å². The van der Waals surface area contributed by atoms with E-state index in [0.29, 0.717) is 5.57 Å². The molecule has 16 heavy (non-hydrogen) atoms. The molecule has 1 saturated heterocycles.